The normalized spacial score (nSPS) is 14.6. The minimum absolute atomic E-state index is 0.285. The molecule has 1 aliphatic heterocycles. The van der Waals surface area contributed by atoms with E-state index in [4.69, 9.17) is 11.6 Å². The van der Waals surface area contributed by atoms with Crippen LogP contribution in [0.15, 0.2) is 10.0 Å². The molecule has 2 heterocycles. The summed E-state index contributed by atoms with van der Waals surface area (Å²) in [5.41, 5.74) is 9.58. The van der Waals surface area contributed by atoms with Gasteiger partial charge in [0, 0.05) is 0 Å². The first kappa shape index (κ1) is 9.22. The van der Waals surface area contributed by atoms with Crippen molar-refractivity contribution in [3.05, 3.63) is 5.69 Å². The molecule has 6 nitrogen and oxygen atoms in total. The van der Waals surface area contributed by atoms with Gasteiger partial charge in [0.05, 0.1) is 11.4 Å². The first-order chi connectivity index (χ1) is 6.70. The van der Waals surface area contributed by atoms with E-state index in [0.29, 0.717) is 5.75 Å². The largest absolute Gasteiger partial charge is 0.368 e. The average Bonchev–Trinajstić information content (AvgIpc) is 2.17. The molecule has 0 unspecified atom stereocenters. The van der Waals surface area contributed by atoms with Crippen LogP contribution in [-0.2, 0) is 0 Å². The van der Waals surface area contributed by atoms with E-state index >= 15 is 0 Å². The van der Waals surface area contributed by atoms with Crippen LogP contribution in [0, 0.1) is 6.92 Å². The predicted molar refractivity (Wildman–Crippen MR) is 56.3 cm³/mol. The number of rotatable bonds is 0. The van der Waals surface area contributed by atoms with Crippen LogP contribution >= 0.6 is 11.8 Å². The van der Waals surface area contributed by atoms with Gasteiger partial charge in [-0.2, -0.15) is 0 Å². The van der Waals surface area contributed by atoms with E-state index in [0.717, 1.165) is 22.2 Å². The number of aromatic nitrogens is 2. The summed E-state index contributed by atoms with van der Waals surface area (Å²) in [6, 6.07) is 0. The van der Waals surface area contributed by atoms with Crippen molar-refractivity contribution in [2.45, 2.75) is 11.9 Å². The van der Waals surface area contributed by atoms with E-state index in [2.05, 4.69) is 20.4 Å². The van der Waals surface area contributed by atoms with Crippen LogP contribution in [0.3, 0.4) is 0 Å². The molecule has 0 spiro atoms. The van der Waals surface area contributed by atoms with Crippen LogP contribution in [0.5, 0.6) is 0 Å². The molecule has 1 aliphatic rings. The lowest BCUT2D eigenvalue weighted by Crippen LogP contribution is -2.32. The molecule has 0 bridgehead atoms. The number of aliphatic imine (C=N–C) groups is 1. The number of amidine groups is 1. The van der Waals surface area contributed by atoms with Crippen LogP contribution in [-0.4, -0.2) is 21.6 Å². The Morgan fingerprint density at radius 1 is 1.43 bits per heavy atom. The molecule has 2 rings (SSSR count). The van der Waals surface area contributed by atoms with Crippen molar-refractivity contribution in [3.63, 3.8) is 0 Å². The summed E-state index contributed by atoms with van der Waals surface area (Å²) in [5.74, 6) is 6.97. The maximum absolute atomic E-state index is 5.53. The highest BCUT2D eigenvalue weighted by Gasteiger charge is 2.16. The molecule has 0 saturated heterocycles. The Balaban J connectivity index is 2.52. The summed E-state index contributed by atoms with van der Waals surface area (Å²) in [6.45, 7) is 1.85. The van der Waals surface area contributed by atoms with Gasteiger partial charge >= 0.3 is 0 Å². The zero-order valence-electron chi connectivity index (χ0n) is 7.61. The van der Waals surface area contributed by atoms with Crippen molar-refractivity contribution >= 4 is 29.2 Å². The molecule has 7 heteroatoms. The zero-order valence-corrected chi connectivity index (χ0v) is 8.43. The monoisotopic (exact) mass is 210 g/mol. The topological polar surface area (TPSA) is 102 Å². The van der Waals surface area contributed by atoms with E-state index in [-0.39, 0.29) is 5.95 Å². The Hall–Kier alpha value is -1.34. The van der Waals surface area contributed by atoms with Crippen molar-refractivity contribution in [2.24, 2.45) is 10.8 Å². The van der Waals surface area contributed by atoms with Crippen molar-refractivity contribution in [3.8, 4) is 0 Å². The van der Waals surface area contributed by atoms with Crippen LogP contribution < -0.4 is 17.0 Å². The van der Waals surface area contributed by atoms with Gasteiger partial charge in [-0.05, 0) is 6.92 Å². The number of nitrogen functional groups attached to an aromatic ring is 1. The number of aryl methyl sites for hydroxylation is 1. The fourth-order valence-electron chi connectivity index (χ4n) is 1.17. The number of fused-ring (bicyclic) bond motifs is 1. The predicted octanol–water partition coefficient (Wildman–Crippen LogP) is -0.0338. The second-order valence-electron chi connectivity index (χ2n) is 2.81. The standard InChI is InChI=1S/C7H10N6S/c1-3-5-6(12-7(8)10-3)14-2-4(11-5)13-9/h2,9H2,1H3,(H,11,13)(H2,8,10,12). The molecule has 14 heavy (non-hydrogen) atoms. The summed E-state index contributed by atoms with van der Waals surface area (Å²) in [5, 5.41) is 0.814. The van der Waals surface area contributed by atoms with E-state index in [9.17, 15) is 0 Å². The second-order valence-corrected chi connectivity index (χ2v) is 3.78. The SMILES string of the molecule is Cc1nc(N)nc2c1N=C(NN)CS2. The van der Waals surface area contributed by atoms with Crippen LogP contribution in [0.2, 0.25) is 0 Å². The van der Waals surface area contributed by atoms with Crippen molar-refractivity contribution in [1.29, 1.82) is 0 Å². The smallest absolute Gasteiger partial charge is 0.221 e. The van der Waals surface area contributed by atoms with Crippen molar-refractivity contribution in [2.75, 3.05) is 11.5 Å². The molecule has 0 saturated carbocycles. The molecule has 0 atom stereocenters. The number of anilines is 1. The Morgan fingerprint density at radius 2 is 2.21 bits per heavy atom. The number of nitrogens with one attached hydrogen (secondary N) is 1. The van der Waals surface area contributed by atoms with Gasteiger partial charge in [0.25, 0.3) is 0 Å². The lowest BCUT2D eigenvalue weighted by Gasteiger charge is -2.14. The molecular weight excluding hydrogens is 200 g/mol. The highest BCUT2D eigenvalue weighted by atomic mass is 32.2. The number of hydrogen-bond acceptors (Lipinski definition) is 7. The number of hydrogen-bond donors (Lipinski definition) is 3. The van der Waals surface area contributed by atoms with E-state index in [1.54, 1.807) is 11.8 Å². The van der Waals surface area contributed by atoms with Crippen LogP contribution in [0.1, 0.15) is 5.69 Å². The van der Waals surface area contributed by atoms with Gasteiger partial charge in [-0.15, -0.1) is 0 Å². The summed E-state index contributed by atoms with van der Waals surface area (Å²) < 4.78 is 0. The molecule has 0 fully saturated rings. The Labute approximate surface area is 85.2 Å². The van der Waals surface area contributed by atoms with Gasteiger partial charge in [0.1, 0.15) is 16.5 Å². The average molecular weight is 210 g/mol. The minimum Gasteiger partial charge on any atom is -0.368 e. The molecule has 1 aromatic rings. The molecular formula is C7H10N6S. The van der Waals surface area contributed by atoms with E-state index in [1.807, 2.05) is 6.92 Å². The fraction of sp³-hybridized carbons (Fsp3) is 0.286. The van der Waals surface area contributed by atoms with Gasteiger partial charge < -0.3 is 11.2 Å². The van der Waals surface area contributed by atoms with Gasteiger partial charge in [-0.3, -0.25) is 0 Å². The summed E-state index contributed by atoms with van der Waals surface area (Å²) in [6.07, 6.45) is 0. The Kier molecular flexibility index (Phi) is 2.26. The summed E-state index contributed by atoms with van der Waals surface area (Å²) in [4.78, 5) is 12.4. The Morgan fingerprint density at radius 3 is 2.93 bits per heavy atom. The number of nitrogens with two attached hydrogens (primary N) is 2. The van der Waals surface area contributed by atoms with Gasteiger partial charge in [-0.25, -0.2) is 20.8 Å². The minimum atomic E-state index is 0.285. The summed E-state index contributed by atoms with van der Waals surface area (Å²) in [7, 11) is 0. The first-order valence-corrected chi connectivity index (χ1v) is 5.00. The van der Waals surface area contributed by atoms with Crippen LogP contribution in [0.4, 0.5) is 11.6 Å². The highest BCUT2D eigenvalue weighted by Crippen LogP contribution is 2.33. The van der Waals surface area contributed by atoms with E-state index in [1.165, 1.54) is 0 Å². The lowest BCUT2D eigenvalue weighted by molar-refractivity contribution is 0.978. The molecule has 74 valence electrons. The molecule has 5 N–H and O–H groups in total. The van der Waals surface area contributed by atoms with Gasteiger partial charge in [0.15, 0.2) is 0 Å². The molecule has 0 aliphatic carbocycles. The maximum atomic E-state index is 5.53. The molecule has 1 aromatic heterocycles. The van der Waals surface area contributed by atoms with Crippen LogP contribution in [0.25, 0.3) is 0 Å². The van der Waals surface area contributed by atoms with Crippen molar-refractivity contribution in [1.82, 2.24) is 15.4 Å². The third-order valence-corrected chi connectivity index (χ3v) is 2.78. The molecule has 0 radical (unpaired) electrons. The number of nitrogens with zero attached hydrogens (tertiary/aromatic N) is 3. The highest BCUT2D eigenvalue weighted by molar-refractivity contribution is 8.00. The van der Waals surface area contributed by atoms with E-state index < -0.39 is 0 Å². The maximum Gasteiger partial charge on any atom is 0.221 e. The molecule has 0 amide bonds. The van der Waals surface area contributed by atoms with Crippen molar-refractivity contribution < 1.29 is 0 Å². The quantitative estimate of drug-likeness (QED) is 0.315. The second kappa shape index (κ2) is 3.43. The first-order valence-electron chi connectivity index (χ1n) is 4.02. The van der Waals surface area contributed by atoms with Gasteiger partial charge in [-0.1, -0.05) is 11.8 Å². The third-order valence-electron chi connectivity index (χ3n) is 1.80. The zero-order chi connectivity index (χ0) is 10.1. The number of thioether (sulfide) groups is 1. The fourth-order valence-corrected chi connectivity index (χ4v) is 2.08. The lowest BCUT2D eigenvalue weighted by atomic mass is 10.4. The number of hydrazine groups is 1. The molecule has 0 aromatic carbocycles. The summed E-state index contributed by atoms with van der Waals surface area (Å²) >= 11 is 1.55. The van der Waals surface area contributed by atoms with Gasteiger partial charge in [0.2, 0.25) is 5.95 Å². The Bertz CT molecular complexity index is 401. The third kappa shape index (κ3) is 1.51.